The van der Waals surface area contributed by atoms with E-state index in [9.17, 15) is 4.79 Å². The molecule has 0 saturated heterocycles. The van der Waals surface area contributed by atoms with Gasteiger partial charge in [0.15, 0.2) is 5.69 Å². The Bertz CT molecular complexity index is 580. The van der Waals surface area contributed by atoms with E-state index in [1.54, 1.807) is 18.3 Å². The maximum Gasteiger partial charge on any atom is 0.358 e. The molecule has 2 N–H and O–H groups in total. The molecule has 96 valence electrons. The van der Waals surface area contributed by atoms with E-state index >= 15 is 0 Å². The van der Waals surface area contributed by atoms with Gasteiger partial charge in [0.25, 0.3) is 0 Å². The number of nitrogens with two attached hydrogens (primary N) is 1. The van der Waals surface area contributed by atoms with E-state index in [4.69, 9.17) is 22.1 Å². The van der Waals surface area contributed by atoms with Gasteiger partial charge in [0.2, 0.25) is 0 Å². The second kappa shape index (κ2) is 5.37. The zero-order chi connectivity index (χ0) is 13.1. The maximum atomic E-state index is 11.6. The number of nitrogens with zero attached hydrogens (tertiary/aromatic N) is 2. The molecule has 0 spiro atoms. The summed E-state index contributed by atoms with van der Waals surface area (Å²) in [5.74, 6) is 0.312. The van der Waals surface area contributed by atoms with Gasteiger partial charge >= 0.3 is 5.97 Å². The van der Waals surface area contributed by atoms with Crippen LogP contribution in [0.1, 0.15) is 22.7 Å². The van der Waals surface area contributed by atoms with Crippen LogP contribution in [0.15, 0.2) is 18.3 Å². The first-order valence-electron chi connectivity index (χ1n) is 5.62. The molecular formula is C12H14ClN3O2. The predicted octanol–water partition coefficient (Wildman–Crippen LogP) is 1.67. The average Bonchev–Trinajstić information content (AvgIpc) is 2.73. The summed E-state index contributed by atoms with van der Waals surface area (Å²) >= 11 is 5.96. The largest absolute Gasteiger partial charge is 0.464 e. The van der Waals surface area contributed by atoms with Gasteiger partial charge in [0, 0.05) is 12.6 Å². The highest BCUT2D eigenvalue weighted by molar-refractivity contribution is 6.30. The first kappa shape index (κ1) is 12.9. The van der Waals surface area contributed by atoms with Gasteiger partial charge in [0.05, 0.1) is 17.6 Å². The predicted molar refractivity (Wildman–Crippen MR) is 68.9 cm³/mol. The van der Waals surface area contributed by atoms with Crippen LogP contribution in [0.3, 0.4) is 0 Å². The Morgan fingerprint density at radius 2 is 2.33 bits per heavy atom. The molecule has 2 heterocycles. The minimum Gasteiger partial charge on any atom is -0.464 e. The lowest BCUT2D eigenvalue weighted by atomic mass is 10.3. The Labute approximate surface area is 110 Å². The van der Waals surface area contributed by atoms with Gasteiger partial charge in [-0.3, -0.25) is 0 Å². The Kier molecular flexibility index (Phi) is 3.84. The third-order valence-electron chi connectivity index (χ3n) is 2.66. The van der Waals surface area contributed by atoms with Gasteiger partial charge in [-0.1, -0.05) is 11.6 Å². The van der Waals surface area contributed by atoms with Crippen LogP contribution in [-0.2, 0) is 11.2 Å². The highest BCUT2D eigenvalue weighted by atomic mass is 35.5. The molecule has 0 saturated carbocycles. The van der Waals surface area contributed by atoms with Crippen molar-refractivity contribution in [3.8, 4) is 0 Å². The van der Waals surface area contributed by atoms with E-state index in [2.05, 4.69) is 4.98 Å². The fourth-order valence-electron chi connectivity index (χ4n) is 1.80. The van der Waals surface area contributed by atoms with Gasteiger partial charge in [-0.2, -0.15) is 0 Å². The van der Waals surface area contributed by atoms with Gasteiger partial charge < -0.3 is 14.9 Å². The number of fused-ring (bicyclic) bond motifs is 1. The van der Waals surface area contributed by atoms with Crippen LogP contribution in [0.5, 0.6) is 0 Å². The van der Waals surface area contributed by atoms with E-state index in [-0.39, 0.29) is 0 Å². The van der Waals surface area contributed by atoms with Crippen molar-refractivity contribution in [3.05, 3.63) is 34.9 Å². The monoisotopic (exact) mass is 267 g/mol. The number of halogens is 1. The minimum atomic E-state index is -0.450. The number of aromatic nitrogens is 2. The summed E-state index contributed by atoms with van der Waals surface area (Å²) in [6.07, 6.45) is 3.23. The van der Waals surface area contributed by atoms with Crippen LogP contribution in [-0.4, -0.2) is 29.0 Å². The molecule has 0 fully saturated rings. The number of methoxy groups -OCH3 is 1. The summed E-state index contributed by atoms with van der Waals surface area (Å²) in [5, 5.41) is 0.588. The molecule has 6 heteroatoms. The molecule has 5 nitrogen and oxygen atoms in total. The SMILES string of the molecule is COC(=O)c1nc(CCCN)n2cc(Cl)ccc12. The molecule has 0 aromatic carbocycles. The lowest BCUT2D eigenvalue weighted by molar-refractivity contribution is 0.0597. The number of carbonyl (C=O) groups excluding carboxylic acids is 1. The lowest BCUT2D eigenvalue weighted by Gasteiger charge is -2.00. The van der Waals surface area contributed by atoms with Crippen LogP contribution in [0.4, 0.5) is 0 Å². The van der Waals surface area contributed by atoms with Crippen LogP contribution in [0, 0.1) is 0 Å². The highest BCUT2D eigenvalue weighted by Crippen LogP contribution is 2.19. The molecule has 0 aliphatic rings. The quantitative estimate of drug-likeness (QED) is 0.856. The minimum absolute atomic E-state index is 0.307. The lowest BCUT2D eigenvalue weighted by Crippen LogP contribution is -2.04. The van der Waals surface area contributed by atoms with Gasteiger partial charge in [-0.15, -0.1) is 0 Å². The first-order valence-corrected chi connectivity index (χ1v) is 6.00. The Hall–Kier alpha value is -1.59. The molecule has 2 aromatic heterocycles. The molecule has 2 rings (SSSR count). The number of rotatable bonds is 4. The molecule has 0 aliphatic carbocycles. The molecular weight excluding hydrogens is 254 g/mol. The Morgan fingerprint density at radius 1 is 1.56 bits per heavy atom. The van der Waals surface area contributed by atoms with Crippen LogP contribution in [0.25, 0.3) is 5.52 Å². The number of imidazole rings is 1. The second-order valence-corrected chi connectivity index (χ2v) is 4.30. The third kappa shape index (κ3) is 2.32. The van der Waals surface area contributed by atoms with E-state index in [1.807, 2.05) is 4.40 Å². The van der Waals surface area contributed by atoms with Crippen molar-refractivity contribution in [2.24, 2.45) is 5.73 Å². The van der Waals surface area contributed by atoms with E-state index in [0.717, 1.165) is 12.2 Å². The van der Waals surface area contributed by atoms with Crippen molar-refractivity contribution in [1.82, 2.24) is 9.38 Å². The number of pyridine rings is 1. The van der Waals surface area contributed by atoms with E-state index < -0.39 is 5.97 Å². The molecule has 0 atom stereocenters. The number of hydrogen-bond acceptors (Lipinski definition) is 4. The summed E-state index contributed by atoms with van der Waals surface area (Å²) in [7, 11) is 1.34. The van der Waals surface area contributed by atoms with Crippen LogP contribution in [0.2, 0.25) is 5.02 Å². The maximum absolute atomic E-state index is 11.6. The van der Waals surface area contributed by atoms with Crippen molar-refractivity contribution in [2.75, 3.05) is 13.7 Å². The molecule has 0 radical (unpaired) electrons. The Morgan fingerprint density at radius 3 is 3.00 bits per heavy atom. The first-order chi connectivity index (χ1) is 8.67. The molecule has 0 amide bonds. The standard InChI is InChI=1S/C12H14ClN3O2/c1-18-12(17)11-9-5-4-8(13)7-16(9)10(15-11)3-2-6-14/h4-5,7H,2-3,6,14H2,1H3. The fourth-order valence-corrected chi connectivity index (χ4v) is 1.97. The van der Waals surface area contributed by atoms with Crippen molar-refractivity contribution in [2.45, 2.75) is 12.8 Å². The normalized spacial score (nSPS) is 10.8. The number of esters is 1. The summed E-state index contributed by atoms with van der Waals surface area (Å²) < 4.78 is 6.53. The zero-order valence-electron chi connectivity index (χ0n) is 10.0. The summed E-state index contributed by atoms with van der Waals surface area (Å²) in [6.45, 7) is 0.572. The van der Waals surface area contributed by atoms with Crippen molar-refractivity contribution >= 4 is 23.1 Å². The smallest absolute Gasteiger partial charge is 0.358 e. The highest BCUT2D eigenvalue weighted by Gasteiger charge is 2.17. The van der Waals surface area contributed by atoms with Gasteiger partial charge in [0.1, 0.15) is 5.82 Å². The van der Waals surface area contributed by atoms with Crippen LogP contribution < -0.4 is 5.73 Å². The van der Waals surface area contributed by atoms with Gasteiger partial charge in [-0.25, -0.2) is 9.78 Å². The number of hydrogen-bond donors (Lipinski definition) is 1. The average molecular weight is 268 g/mol. The number of carbonyl (C=O) groups is 1. The van der Waals surface area contributed by atoms with Crippen molar-refractivity contribution < 1.29 is 9.53 Å². The summed E-state index contributed by atoms with van der Waals surface area (Å²) in [5.41, 5.74) is 6.49. The molecule has 0 unspecified atom stereocenters. The molecule has 2 aromatic rings. The summed E-state index contributed by atoms with van der Waals surface area (Å²) in [4.78, 5) is 16.0. The third-order valence-corrected chi connectivity index (χ3v) is 2.88. The molecule has 18 heavy (non-hydrogen) atoms. The number of aryl methyl sites for hydroxylation is 1. The van der Waals surface area contributed by atoms with Gasteiger partial charge in [-0.05, 0) is 25.1 Å². The second-order valence-electron chi connectivity index (χ2n) is 3.86. The summed E-state index contributed by atoms with van der Waals surface area (Å²) in [6, 6.07) is 3.48. The van der Waals surface area contributed by atoms with Crippen molar-refractivity contribution in [3.63, 3.8) is 0 Å². The zero-order valence-corrected chi connectivity index (χ0v) is 10.8. The van der Waals surface area contributed by atoms with E-state index in [0.29, 0.717) is 29.2 Å². The topological polar surface area (TPSA) is 69.6 Å². The van der Waals surface area contributed by atoms with Crippen LogP contribution >= 0.6 is 11.6 Å². The molecule has 0 aliphatic heterocycles. The van der Waals surface area contributed by atoms with Crippen molar-refractivity contribution in [1.29, 1.82) is 0 Å². The Balaban J connectivity index is 2.55. The number of ether oxygens (including phenoxy) is 1. The van der Waals surface area contributed by atoms with E-state index in [1.165, 1.54) is 7.11 Å². The molecule has 0 bridgehead atoms. The fraction of sp³-hybridized carbons (Fsp3) is 0.333.